The van der Waals surface area contributed by atoms with E-state index in [-0.39, 0.29) is 5.28 Å². The summed E-state index contributed by atoms with van der Waals surface area (Å²) in [6, 6.07) is 11.7. The zero-order valence-corrected chi connectivity index (χ0v) is 9.57. The van der Waals surface area contributed by atoms with Crippen LogP contribution in [-0.4, -0.2) is 15.0 Å². The van der Waals surface area contributed by atoms with E-state index in [2.05, 4.69) is 20.3 Å². The molecule has 0 saturated heterocycles. The first-order valence-electron chi connectivity index (χ1n) is 5.15. The molecule has 3 aromatic rings. The standard InChI is InChI=1S/C12H9ClN4/c13-12-16-10-9(6-7-14-10)11(17-12)15-8-4-2-1-3-5-8/h1-7H,(H2,14,15,16,17). The molecule has 2 heterocycles. The molecule has 0 radical (unpaired) electrons. The fourth-order valence-corrected chi connectivity index (χ4v) is 1.84. The highest BCUT2D eigenvalue weighted by Crippen LogP contribution is 2.24. The molecule has 0 fully saturated rings. The molecule has 1 aromatic carbocycles. The van der Waals surface area contributed by atoms with Crippen molar-refractivity contribution in [1.29, 1.82) is 0 Å². The van der Waals surface area contributed by atoms with Crippen LogP contribution in [0.5, 0.6) is 0 Å². The van der Waals surface area contributed by atoms with Crippen LogP contribution in [0.15, 0.2) is 42.6 Å². The lowest BCUT2D eigenvalue weighted by Gasteiger charge is -2.06. The van der Waals surface area contributed by atoms with Gasteiger partial charge in [-0.2, -0.15) is 9.97 Å². The molecule has 0 aliphatic carbocycles. The molecule has 2 aromatic heterocycles. The summed E-state index contributed by atoms with van der Waals surface area (Å²) in [7, 11) is 0. The van der Waals surface area contributed by atoms with Gasteiger partial charge in [0.1, 0.15) is 11.5 Å². The predicted molar refractivity (Wildman–Crippen MR) is 68.6 cm³/mol. The normalized spacial score (nSPS) is 10.6. The minimum atomic E-state index is 0.221. The zero-order valence-electron chi connectivity index (χ0n) is 8.81. The van der Waals surface area contributed by atoms with E-state index in [0.29, 0.717) is 5.82 Å². The molecule has 84 valence electrons. The quantitative estimate of drug-likeness (QED) is 0.680. The number of hydrogen-bond acceptors (Lipinski definition) is 3. The summed E-state index contributed by atoms with van der Waals surface area (Å²) in [6.45, 7) is 0. The average molecular weight is 245 g/mol. The van der Waals surface area contributed by atoms with Crippen molar-refractivity contribution in [1.82, 2.24) is 15.0 Å². The molecule has 0 unspecified atom stereocenters. The Bertz CT molecular complexity index is 648. The number of nitrogens with one attached hydrogen (secondary N) is 2. The van der Waals surface area contributed by atoms with E-state index in [1.54, 1.807) is 0 Å². The molecule has 0 aliphatic rings. The number of fused-ring (bicyclic) bond motifs is 1. The summed E-state index contributed by atoms with van der Waals surface area (Å²) in [5.74, 6) is 0.701. The Morgan fingerprint density at radius 1 is 1.06 bits per heavy atom. The summed E-state index contributed by atoms with van der Waals surface area (Å²) in [5.41, 5.74) is 1.69. The number of rotatable bonds is 2. The molecule has 2 N–H and O–H groups in total. The summed E-state index contributed by atoms with van der Waals surface area (Å²) in [4.78, 5) is 11.3. The monoisotopic (exact) mass is 244 g/mol. The maximum atomic E-state index is 5.86. The molecular weight excluding hydrogens is 236 g/mol. The fraction of sp³-hybridized carbons (Fsp3) is 0. The number of benzene rings is 1. The van der Waals surface area contributed by atoms with E-state index in [0.717, 1.165) is 16.7 Å². The van der Waals surface area contributed by atoms with Gasteiger partial charge in [0.25, 0.3) is 0 Å². The molecule has 0 atom stereocenters. The van der Waals surface area contributed by atoms with Crippen molar-refractivity contribution < 1.29 is 0 Å². The molecule has 0 saturated carbocycles. The van der Waals surface area contributed by atoms with E-state index in [1.165, 1.54) is 0 Å². The van der Waals surface area contributed by atoms with Gasteiger partial charge in [0.05, 0.1) is 5.39 Å². The third kappa shape index (κ3) is 1.94. The van der Waals surface area contributed by atoms with Crippen LogP contribution in [0, 0.1) is 0 Å². The molecule has 5 heteroatoms. The summed E-state index contributed by atoms with van der Waals surface area (Å²) >= 11 is 5.86. The van der Waals surface area contributed by atoms with Gasteiger partial charge in [-0.05, 0) is 29.8 Å². The minimum Gasteiger partial charge on any atom is -0.346 e. The van der Waals surface area contributed by atoms with Gasteiger partial charge >= 0.3 is 0 Å². The Morgan fingerprint density at radius 2 is 1.88 bits per heavy atom. The maximum Gasteiger partial charge on any atom is 0.226 e. The molecule has 4 nitrogen and oxygen atoms in total. The Kier molecular flexibility index (Phi) is 2.42. The van der Waals surface area contributed by atoms with Crippen LogP contribution >= 0.6 is 11.6 Å². The lowest BCUT2D eigenvalue weighted by Crippen LogP contribution is -1.96. The number of anilines is 2. The Balaban J connectivity index is 2.08. The van der Waals surface area contributed by atoms with Gasteiger partial charge in [0.15, 0.2) is 0 Å². The topological polar surface area (TPSA) is 53.6 Å². The van der Waals surface area contributed by atoms with Gasteiger partial charge in [0, 0.05) is 11.9 Å². The van der Waals surface area contributed by atoms with Crippen molar-refractivity contribution >= 4 is 34.1 Å². The van der Waals surface area contributed by atoms with Crippen molar-refractivity contribution in [3.63, 3.8) is 0 Å². The highest BCUT2D eigenvalue weighted by molar-refractivity contribution is 6.28. The van der Waals surface area contributed by atoms with Crippen molar-refractivity contribution in [3.8, 4) is 0 Å². The van der Waals surface area contributed by atoms with Gasteiger partial charge in [-0.15, -0.1) is 0 Å². The number of H-pyrrole nitrogens is 1. The molecule has 17 heavy (non-hydrogen) atoms. The fourth-order valence-electron chi connectivity index (χ4n) is 1.67. The van der Waals surface area contributed by atoms with Crippen molar-refractivity contribution in [3.05, 3.63) is 47.9 Å². The molecule has 3 rings (SSSR count). The second-order valence-electron chi connectivity index (χ2n) is 3.57. The number of hydrogen-bond donors (Lipinski definition) is 2. The van der Waals surface area contributed by atoms with E-state index in [9.17, 15) is 0 Å². The lowest BCUT2D eigenvalue weighted by atomic mass is 10.3. The van der Waals surface area contributed by atoms with Crippen LogP contribution in [0.4, 0.5) is 11.5 Å². The first kappa shape index (κ1) is 10.1. The maximum absolute atomic E-state index is 5.86. The summed E-state index contributed by atoms with van der Waals surface area (Å²) in [6.07, 6.45) is 1.81. The first-order valence-corrected chi connectivity index (χ1v) is 5.53. The smallest absolute Gasteiger partial charge is 0.226 e. The minimum absolute atomic E-state index is 0.221. The third-order valence-corrected chi connectivity index (χ3v) is 2.59. The number of nitrogens with zero attached hydrogens (tertiary/aromatic N) is 2. The van der Waals surface area contributed by atoms with Crippen LogP contribution in [0.25, 0.3) is 11.0 Å². The molecular formula is C12H9ClN4. The highest BCUT2D eigenvalue weighted by Gasteiger charge is 2.07. The highest BCUT2D eigenvalue weighted by atomic mass is 35.5. The van der Waals surface area contributed by atoms with Crippen molar-refractivity contribution in [2.45, 2.75) is 0 Å². The molecule has 0 amide bonds. The summed E-state index contributed by atoms with van der Waals surface area (Å²) < 4.78 is 0. The number of halogens is 1. The second-order valence-corrected chi connectivity index (χ2v) is 3.91. The van der Waals surface area contributed by atoms with Gasteiger partial charge in [0.2, 0.25) is 5.28 Å². The van der Waals surface area contributed by atoms with Crippen molar-refractivity contribution in [2.75, 3.05) is 5.32 Å². The van der Waals surface area contributed by atoms with Crippen LogP contribution < -0.4 is 5.32 Å². The molecule has 0 spiro atoms. The van der Waals surface area contributed by atoms with Crippen molar-refractivity contribution in [2.24, 2.45) is 0 Å². The predicted octanol–water partition coefficient (Wildman–Crippen LogP) is 3.35. The van der Waals surface area contributed by atoms with Crippen LogP contribution in [-0.2, 0) is 0 Å². The number of aromatic nitrogens is 3. The van der Waals surface area contributed by atoms with Crippen LogP contribution in [0.1, 0.15) is 0 Å². The van der Waals surface area contributed by atoms with E-state index in [1.807, 2.05) is 42.6 Å². The van der Waals surface area contributed by atoms with Gasteiger partial charge in [-0.3, -0.25) is 0 Å². The van der Waals surface area contributed by atoms with Gasteiger partial charge < -0.3 is 10.3 Å². The SMILES string of the molecule is Clc1nc(Nc2ccccc2)c2cc[nH]c2n1. The first-order chi connectivity index (χ1) is 8.33. The Hall–Kier alpha value is -2.07. The average Bonchev–Trinajstić information content (AvgIpc) is 2.78. The number of aromatic amines is 1. The second kappa shape index (κ2) is 4.07. The van der Waals surface area contributed by atoms with Crippen LogP contribution in [0.3, 0.4) is 0 Å². The van der Waals surface area contributed by atoms with E-state index in [4.69, 9.17) is 11.6 Å². The Morgan fingerprint density at radius 3 is 2.71 bits per heavy atom. The Labute approximate surface area is 103 Å². The lowest BCUT2D eigenvalue weighted by molar-refractivity contribution is 1.20. The van der Waals surface area contributed by atoms with Gasteiger partial charge in [-0.1, -0.05) is 18.2 Å². The van der Waals surface area contributed by atoms with Crippen LogP contribution in [0.2, 0.25) is 5.28 Å². The molecule has 0 aliphatic heterocycles. The number of para-hydroxylation sites is 1. The third-order valence-electron chi connectivity index (χ3n) is 2.42. The van der Waals surface area contributed by atoms with Gasteiger partial charge in [-0.25, -0.2) is 0 Å². The van der Waals surface area contributed by atoms with E-state index >= 15 is 0 Å². The zero-order chi connectivity index (χ0) is 11.7. The van der Waals surface area contributed by atoms with E-state index < -0.39 is 0 Å². The summed E-state index contributed by atoms with van der Waals surface area (Å²) in [5, 5.41) is 4.35. The largest absolute Gasteiger partial charge is 0.346 e. The molecule has 0 bridgehead atoms.